The van der Waals surface area contributed by atoms with Crippen LogP contribution in [0.1, 0.15) is 43.1 Å². The summed E-state index contributed by atoms with van der Waals surface area (Å²) in [7, 11) is 0. The van der Waals surface area contributed by atoms with E-state index < -0.39 is 23.1 Å². The van der Waals surface area contributed by atoms with E-state index in [1.807, 2.05) is 32.6 Å². The van der Waals surface area contributed by atoms with Crippen molar-refractivity contribution in [2.75, 3.05) is 29.9 Å². The molecule has 1 aliphatic rings. The van der Waals surface area contributed by atoms with Crippen LogP contribution in [0.2, 0.25) is 0 Å². The minimum absolute atomic E-state index is 0.0976. The van der Waals surface area contributed by atoms with Crippen molar-refractivity contribution in [2.45, 2.75) is 46.3 Å². The molecular formula is C23H27F2N5O3S. The lowest BCUT2D eigenvalue weighted by molar-refractivity contribution is 0.0159. The van der Waals surface area contributed by atoms with E-state index in [9.17, 15) is 18.4 Å². The monoisotopic (exact) mass is 491 g/mol. The van der Waals surface area contributed by atoms with Gasteiger partial charge in [0, 0.05) is 50.2 Å². The van der Waals surface area contributed by atoms with Gasteiger partial charge in [0.1, 0.15) is 16.3 Å². The first-order valence-corrected chi connectivity index (χ1v) is 11.7. The standard InChI is InChI=1S/C23H27F2N5O3S/c1-13-10-29-12-15(8-17(25)20(29)26-13)27-21(31)19-16(24)9-18(34-19)28-6-7-30(14(2)11-28)22(32)33-23(3,4)5/h8-10,12,14H,6-7,11H2,1-5H3,(H,27,31). The normalized spacial score (nSPS) is 16.7. The number of carbonyl (C=O) groups excluding carboxylic acids is 2. The number of fused-ring (bicyclic) bond motifs is 1. The zero-order valence-electron chi connectivity index (χ0n) is 19.7. The van der Waals surface area contributed by atoms with E-state index in [0.29, 0.717) is 30.3 Å². The number of hydrogen-bond donors (Lipinski definition) is 1. The van der Waals surface area contributed by atoms with Gasteiger partial charge in [0.05, 0.1) is 16.4 Å². The summed E-state index contributed by atoms with van der Waals surface area (Å²) in [5.74, 6) is -1.90. The minimum atomic E-state index is -0.662. The highest BCUT2D eigenvalue weighted by Gasteiger charge is 2.32. The highest BCUT2D eigenvalue weighted by Crippen LogP contribution is 2.32. The molecule has 1 atom stereocenters. The lowest BCUT2D eigenvalue weighted by Crippen LogP contribution is -2.55. The molecular weight excluding hydrogens is 464 g/mol. The van der Waals surface area contributed by atoms with Crippen molar-refractivity contribution in [3.63, 3.8) is 0 Å². The summed E-state index contributed by atoms with van der Waals surface area (Å²) in [5, 5.41) is 3.15. The van der Waals surface area contributed by atoms with Crippen LogP contribution in [0.25, 0.3) is 5.65 Å². The maximum Gasteiger partial charge on any atom is 0.410 e. The van der Waals surface area contributed by atoms with Crippen molar-refractivity contribution < 1.29 is 23.1 Å². The molecule has 0 spiro atoms. The predicted molar refractivity (Wildman–Crippen MR) is 127 cm³/mol. The third kappa shape index (κ3) is 4.98. The van der Waals surface area contributed by atoms with Gasteiger partial charge in [0.15, 0.2) is 11.5 Å². The van der Waals surface area contributed by atoms with Crippen LogP contribution in [0.3, 0.4) is 0 Å². The van der Waals surface area contributed by atoms with Crippen LogP contribution >= 0.6 is 11.3 Å². The molecule has 1 aliphatic heterocycles. The first-order chi connectivity index (χ1) is 15.9. The van der Waals surface area contributed by atoms with Crippen LogP contribution < -0.4 is 10.2 Å². The fraction of sp³-hybridized carbons (Fsp3) is 0.435. The van der Waals surface area contributed by atoms with Crippen LogP contribution in [-0.2, 0) is 4.74 Å². The summed E-state index contributed by atoms with van der Waals surface area (Å²) < 4.78 is 35.9. The summed E-state index contributed by atoms with van der Waals surface area (Å²) in [5.41, 5.74) is 0.399. The topological polar surface area (TPSA) is 79.2 Å². The van der Waals surface area contributed by atoms with Gasteiger partial charge in [-0.05, 0) is 34.6 Å². The Balaban J connectivity index is 1.45. The Bertz CT molecular complexity index is 1250. The van der Waals surface area contributed by atoms with Crippen molar-refractivity contribution in [3.8, 4) is 0 Å². The Morgan fingerprint density at radius 3 is 2.59 bits per heavy atom. The first kappa shape index (κ1) is 23.9. The van der Waals surface area contributed by atoms with Gasteiger partial charge in [-0.15, -0.1) is 11.3 Å². The Morgan fingerprint density at radius 2 is 1.91 bits per heavy atom. The van der Waals surface area contributed by atoms with Crippen molar-refractivity contribution in [2.24, 2.45) is 0 Å². The summed E-state index contributed by atoms with van der Waals surface area (Å²) in [6.45, 7) is 10.5. The van der Waals surface area contributed by atoms with Gasteiger partial charge >= 0.3 is 6.09 Å². The SMILES string of the molecule is Cc1cn2cc(NC(=O)c3sc(N4CCN(C(=O)OC(C)(C)C)C(C)C4)cc3F)cc(F)c2n1. The fourth-order valence-corrected chi connectivity index (χ4v) is 4.82. The summed E-state index contributed by atoms with van der Waals surface area (Å²) in [6.07, 6.45) is 2.78. The number of anilines is 2. The molecule has 3 aromatic rings. The average molecular weight is 492 g/mol. The molecule has 4 heterocycles. The summed E-state index contributed by atoms with van der Waals surface area (Å²) in [4.78, 5) is 32.8. The predicted octanol–water partition coefficient (Wildman–Crippen LogP) is 4.68. The van der Waals surface area contributed by atoms with Crippen LogP contribution in [0.4, 0.5) is 24.3 Å². The van der Waals surface area contributed by atoms with E-state index >= 15 is 0 Å². The number of halogens is 2. The third-order valence-electron chi connectivity index (χ3n) is 5.33. The number of rotatable bonds is 3. The van der Waals surface area contributed by atoms with Crippen molar-refractivity contribution in [3.05, 3.63) is 46.7 Å². The van der Waals surface area contributed by atoms with Crippen LogP contribution in [0, 0.1) is 18.6 Å². The Morgan fingerprint density at radius 1 is 1.18 bits per heavy atom. The summed E-state index contributed by atoms with van der Waals surface area (Å²) >= 11 is 1.02. The molecule has 1 N–H and O–H groups in total. The number of pyridine rings is 1. The van der Waals surface area contributed by atoms with Gasteiger partial charge < -0.3 is 24.3 Å². The van der Waals surface area contributed by atoms with E-state index in [1.165, 1.54) is 16.7 Å². The number of aryl methyl sites for hydroxylation is 1. The zero-order valence-corrected chi connectivity index (χ0v) is 20.5. The number of piperazine rings is 1. The van der Waals surface area contributed by atoms with Crippen LogP contribution in [-0.4, -0.2) is 57.6 Å². The summed E-state index contributed by atoms with van der Waals surface area (Å²) in [6, 6.07) is 2.32. The van der Waals surface area contributed by atoms with E-state index in [2.05, 4.69) is 10.3 Å². The molecule has 8 nitrogen and oxygen atoms in total. The molecule has 0 radical (unpaired) electrons. The van der Waals surface area contributed by atoms with E-state index in [-0.39, 0.29) is 28.3 Å². The van der Waals surface area contributed by atoms with Gasteiger partial charge in [0.25, 0.3) is 5.91 Å². The molecule has 0 aromatic carbocycles. The smallest absolute Gasteiger partial charge is 0.410 e. The largest absolute Gasteiger partial charge is 0.444 e. The second kappa shape index (κ2) is 8.86. The molecule has 11 heteroatoms. The second-order valence-electron chi connectivity index (χ2n) is 9.37. The number of aromatic nitrogens is 2. The number of hydrogen-bond acceptors (Lipinski definition) is 6. The Hall–Kier alpha value is -3.21. The second-order valence-corrected chi connectivity index (χ2v) is 10.4. The van der Waals surface area contributed by atoms with Gasteiger partial charge in [0.2, 0.25) is 0 Å². The van der Waals surface area contributed by atoms with Gasteiger partial charge in [-0.2, -0.15) is 0 Å². The van der Waals surface area contributed by atoms with Gasteiger partial charge in [-0.25, -0.2) is 18.6 Å². The highest BCUT2D eigenvalue weighted by atomic mass is 32.1. The average Bonchev–Trinajstić information content (AvgIpc) is 3.29. The molecule has 34 heavy (non-hydrogen) atoms. The molecule has 4 rings (SSSR count). The zero-order chi connectivity index (χ0) is 24.8. The Kier molecular flexibility index (Phi) is 6.24. The molecule has 1 unspecified atom stereocenters. The molecule has 1 saturated heterocycles. The molecule has 3 aromatic heterocycles. The molecule has 0 saturated carbocycles. The molecule has 2 amide bonds. The fourth-order valence-electron chi connectivity index (χ4n) is 3.85. The molecule has 182 valence electrons. The number of nitrogens with zero attached hydrogens (tertiary/aromatic N) is 4. The molecule has 0 aliphatic carbocycles. The Labute approximate surface area is 200 Å². The lowest BCUT2D eigenvalue weighted by atomic mass is 10.2. The number of carbonyl (C=O) groups is 2. The van der Waals surface area contributed by atoms with E-state index in [0.717, 1.165) is 17.4 Å². The highest BCUT2D eigenvalue weighted by molar-refractivity contribution is 7.18. The van der Waals surface area contributed by atoms with Crippen LogP contribution in [0.5, 0.6) is 0 Å². The van der Waals surface area contributed by atoms with Crippen LogP contribution in [0.15, 0.2) is 24.5 Å². The van der Waals surface area contributed by atoms with E-state index in [1.54, 1.807) is 18.0 Å². The number of imidazole rings is 1. The van der Waals surface area contributed by atoms with Gasteiger partial charge in [-0.3, -0.25) is 4.79 Å². The number of ether oxygens (including phenoxy) is 1. The van der Waals surface area contributed by atoms with Crippen molar-refractivity contribution >= 4 is 39.7 Å². The number of amides is 2. The third-order valence-corrected chi connectivity index (χ3v) is 6.50. The lowest BCUT2D eigenvalue weighted by Gasteiger charge is -2.40. The molecule has 1 fully saturated rings. The molecule has 0 bridgehead atoms. The van der Waals surface area contributed by atoms with Crippen molar-refractivity contribution in [1.82, 2.24) is 14.3 Å². The maximum atomic E-state index is 14.7. The maximum absolute atomic E-state index is 14.7. The number of thiophene rings is 1. The van der Waals surface area contributed by atoms with E-state index in [4.69, 9.17) is 4.74 Å². The van der Waals surface area contributed by atoms with Gasteiger partial charge in [-0.1, -0.05) is 0 Å². The number of nitrogens with one attached hydrogen (secondary N) is 1. The minimum Gasteiger partial charge on any atom is -0.444 e. The van der Waals surface area contributed by atoms with Crippen molar-refractivity contribution in [1.29, 1.82) is 0 Å². The quantitative estimate of drug-likeness (QED) is 0.576. The first-order valence-electron chi connectivity index (χ1n) is 10.9.